The van der Waals surface area contributed by atoms with E-state index in [2.05, 4.69) is 6.92 Å². The number of allylic oxidation sites excluding steroid dienone is 2. The van der Waals surface area contributed by atoms with Crippen molar-refractivity contribution in [2.24, 2.45) is 0 Å². The van der Waals surface area contributed by atoms with Crippen LogP contribution in [-0.4, -0.2) is 17.5 Å². The van der Waals surface area contributed by atoms with Crippen molar-refractivity contribution >= 4 is 17.7 Å². The minimum Gasteiger partial charge on any atom is -0.410 e. The highest BCUT2D eigenvalue weighted by atomic mass is 35.5. The van der Waals surface area contributed by atoms with E-state index in [0.29, 0.717) is 12.3 Å². The highest BCUT2D eigenvalue weighted by Gasteiger charge is 2.19. The van der Waals surface area contributed by atoms with Crippen LogP contribution in [0.25, 0.3) is 0 Å². The summed E-state index contributed by atoms with van der Waals surface area (Å²) in [7, 11) is 0. The lowest BCUT2D eigenvalue weighted by molar-refractivity contribution is 0.172. The maximum absolute atomic E-state index is 12.1. The summed E-state index contributed by atoms with van der Waals surface area (Å²) in [4.78, 5) is 13.7. The van der Waals surface area contributed by atoms with E-state index in [-0.39, 0.29) is 6.09 Å². The Hall–Kier alpha value is -1.74. The number of para-hydroxylation sites is 1. The van der Waals surface area contributed by atoms with Crippen molar-refractivity contribution in [2.45, 2.75) is 32.6 Å². The van der Waals surface area contributed by atoms with E-state index in [4.69, 9.17) is 16.3 Å². The minimum atomic E-state index is -0.380. The van der Waals surface area contributed by atoms with Crippen molar-refractivity contribution in [3.05, 3.63) is 53.2 Å². The molecule has 0 bridgehead atoms. The van der Waals surface area contributed by atoms with Gasteiger partial charge in [-0.1, -0.05) is 49.6 Å². The summed E-state index contributed by atoms with van der Waals surface area (Å²) in [5.41, 5.74) is 1.10. The molecule has 3 nitrogen and oxygen atoms in total. The van der Waals surface area contributed by atoms with Crippen LogP contribution in [-0.2, 0) is 0 Å². The average molecular weight is 306 g/mol. The molecule has 0 atom stereocenters. The van der Waals surface area contributed by atoms with Crippen molar-refractivity contribution in [1.82, 2.24) is 4.90 Å². The number of halogens is 1. The van der Waals surface area contributed by atoms with Gasteiger partial charge in [0.2, 0.25) is 0 Å². The second kappa shape index (κ2) is 7.89. The summed E-state index contributed by atoms with van der Waals surface area (Å²) >= 11 is 6.21. The zero-order valence-electron chi connectivity index (χ0n) is 12.2. The van der Waals surface area contributed by atoms with Crippen LogP contribution in [0.15, 0.2) is 53.2 Å². The second-order valence-corrected chi connectivity index (χ2v) is 5.44. The Balaban J connectivity index is 1.93. The molecule has 4 heteroatoms. The third kappa shape index (κ3) is 4.64. The number of benzene rings is 1. The lowest BCUT2D eigenvalue weighted by atomic mass is 10.1. The SMILES string of the molecule is CCCCCC1=C(Cl)C=CN(C(=O)Oc2ccccc2)C1. The largest absolute Gasteiger partial charge is 0.419 e. The lowest BCUT2D eigenvalue weighted by Crippen LogP contribution is -2.32. The monoisotopic (exact) mass is 305 g/mol. The van der Waals surface area contributed by atoms with Gasteiger partial charge in [0.15, 0.2) is 0 Å². The molecule has 0 saturated carbocycles. The van der Waals surface area contributed by atoms with Gasteiger partial charge in [-0.25, -0.2) is 4.79 Å². The van der Waals surface area contributed by atoms with Crippen LogP contribution in [0.2, 0.25) is 0 Å². The van der Waals surface area contributed by atoms with Crippen LogP contribution in [0.4, 0.5) is 4.79 Å². The molecule has 0 radical (unpaired) electrons. The van der Waals surface area contributed by atoms with Crippen molar-refractivity contribution in [3.8, 4) is 5.75 Å². The van der Waals surface area contributed by atoms with E-state index < -0.39 is 0 Å². The van der Waals surface area contributed by atoms with E-state index in [1.165, 1.54) is 12.8 Å². The molecule has 0 aromatic heterocycles. The maximum atomic E-state index is 12.1. The summed E-state index contributed by atoms with van der Waals surface area (Å²) in [6, 6.07) is 9.07. The molecule has 1 aromatic carbocycles. The molecule has 0 fully saturated rings. The molecular formula is C17H20ClNO2. The normalized spacial score (nSPS) is 14.5. The molecule has 1 aromatic rings. The van der Waals surface area contributed by atoms with Crippen LogP contribution in [0.5, 0.6) is 5.75 Å². The second-order valence-electron chi connectivity index (χ2n) is 5.03. The Kier molecular flexibility index (Phi) is 5.88. The number of carbonyl (C=O) groups is 1. The van der Waals surface area contributed by atoms with Crippen molar-refractivity contribution < 1.29 is 9.53 Å². The molecule has 1 heterocycles. The van der Waals surface area contributed by atoms with Crippen molar-refractivity contribution in [3.63, 3.8) is 0 Å². The van der Waals surface area contributed by atoms with Gasteiger partial charge in [-0.2, -0.15) is 0 Å². The fourth-order valence-electron chi connectivity index (χ4n) is 2.17. The first-order valence-electron chi connectivity index (χ1n) is 7.30. The van der Waals surface area contributed by atoms with Crippen LogP contribution in [0.3, 0.4) is 0 Å². The maximum Gasteiger partial charge on any atom is 0.419 e. The van der Waals surface area contributed by atoms with Crippen LogP contribution in [0.1, 0.15) is 32.6 Å². The number of hydrogen-bond acceptors (Lipinski definition) is 2. The van der Waals surface area contributed by atoms with Gasteiger partial charge in [0, 0.05) is 11.2 Å². The van der Waals surface area contributed by atoms with Gasteiger partial charge in [0.1, 0.15) is 5.75 Å². The lowest BCUT2D eigenvalue weighted by Gasteiger charge is -2.23. The summed E-state index contributed by atoms with van der Waals surface area (Å²) in [6.45, 7) is 2.67. The Bertz CT molecular complexity index is 537. The van der Waals surface area contributed by atoms with E-state index in [0.717, 1.165) is 23.4 Å². The molecule has 0 N–H and O–H groups in total. The number of ether oxygens (including phenoxy) is 1. The standard InChI is InChI=1S/C17H20ClNO2/c1-2-3-5-8-14-13-19(12-11-16(14)18)17(20)21-15-9-6-4-7-10-15/h4,6-7,9-12H,2-3,5,8,13H2,1H3. The van der Waals surface area contributed by atoms with E-state index in [9.17, 15) is 4.79 Å². The molecule has 21 heavy (non-hydrogen) atoms. The molecule has 112 valence electrons. The molecule has 2 rings (SSSR count). The van der Waals surface area contributed by atoms with Crippen molar-refractivity contribution in [1.29, 1.82) is 0 Å². The van der Waals surface area contributed by atoms with E-state index >= 15 is 0 Å². The first-order chi connectivity index (χ1) is 10.2. The number of nitrogens with zero attached hydrogens (tertiary/aromatic N) is 1. The van der Waals surface area contributed by atoms with Gasteiger partial charge in [0.05, 0.1) is 6.54 Å². The minimum absolute atomic E-state index is 0.380. The third-order valence-corrected chi connectivity index (χ3v) is 3.76. The van der Waals surface area contributed by atoms with Gasteiger partial charge in [-0.3, -0.25) is 4.90 Å². The summed E-state index contributed by atoms with van der Waals surface area (Å²) in [5, 5.41) is 0.745. The highest BCUT2D eigenvalue weighted by molar-refractivity contribution is 6.31. The Morgan fingerprint density at radius 2 is 2.05 bits per heavy atom. The Morgan fingerprint density at radius 3 is 2.76 bits per heavy atom. The van der Waals surface area contributed by atoms with Gasteiger partial charge < -0.3 is 4.74 Å². The molecule has 0 spiro atoms. The smallest absolute Gasteiger partial charge is 0.410 e. The topological polar surface area (TPSA) is 29.5 Å². The predicted octanol–water partition coefficient (Wildman–Crippen LogP) is 5.09. The fraction of sp³-hybridized carbons (Fsp3) is 0.353. The summed E-state index contributed by atoms with van der Waals surface area (Å²) < 4.78 is 5.33. The number of hydrogen-bond donors (Lipinski definition) is 0. The van der Waals surface area contributed by atoms with Gasteiger partial charge >= 0.3 is 6.09 Å². The molecule has 0 unspecified atom stereocenters. The first kappa shape index (κ1) is 15.6. The summed E-state index contributed by atoms with van der Waals surface area (Å²) in [6.07, 6.45) is 7.42. The van der Waals surface area contributed by atoms with E-state index in [1.807, 2.05) is 18.2 Å². The Labute approximate surface area is 130 Å². The number of carbonyl (C=O) groups excluding carboxylic acids is 1. The molecule has 1 amide bonds. The van der Waals surface area contributed by atoms with Gasteiger partial charge in [0.25, 0.3) is 0 Å². The predicted molar refractivity (Wildman–Crippen MR) is 85.3 cm³/mol. The average Bonchev–Trinajstić information content (AvgIpc) is 2.50. The van der Waals surface area contributed by atoms with Crippen LogP contribution < -0.4 is 4.74 Å². The molecule has 0 aliphatic carbocycles. The number of unbranched alkanes of at least 4 members (excludes halogenated alkanes) is 2. The Morgan fingerprint density at radius 1 is 1.29 bits per heavy atom. The molecule has 1 aliphatic heterocycles. The van der Waals surface area contributed by atoms with Crippen molar-refractivity contribution in [2.75, 3.05) is 6.54 Å². The van der Waals surface area contributed by atoms with Crippen LogP contribution in [0, 0.1) is 0 Å². The fourth-order valence-corrected chi connectivity index (χ4v) is 2.38. The third-order valence-electron chi connectivity index (χ3n) is 3.36. The van der Waals surface area contributed by atoms with Crippen LogP contribution >= 0.6 is 11.6 Å². The quantitative estimate of drug-likeness (QED) is 0.709. The zero-order valence-corrected chi connectivity index (χ0v) is 13.0. The zero-order chi connectivity index (χ0) is 15.1. The highest BCUT2D eigenvalue weighted by Crippen LogP contribution is 2.24. The van der Waals surface area contributed by atoms with Gasteiger partial charge in [-0.05, 0) is 36.6 Å². The van der Waals surface area contributed by atoms with Gasteiger partial charge in [-0.15, -0.1) is 0 Å². The first-order valence-corrected chi connectivity index (χ1v) is 7.67. The molecule has 0 saturated heterocycles. The molecule has 1 aliphatic rings. The molecular weight excluding hydrogens is 286 g/mol. The number of amides is 1. The number of rotatable bonds is 5. The van der Waals surface area contributed by atoms with E-state index in [1.54, 1.807) is 29.3 Å². The summed E-state index contributed by atoms with van der Waals surface area (Å²) in [5.74, 6) is 0.545.